The molecule has 13 heavy (non-hydrogen) atoms. The summed E-state index contributed by atoms with van der Waals surface area (Å²) in [5.74, 6) is 1.05. The molecule has 1 saturated carbocycles. The standard InChI is InChI=1S/C11H24N2/c1-2-7-12-9-10-13-8-6-11-4-3-5-11/h11-13H,2-10H2,1H3. The Morgan fingerprint density at radius 1 is 1.00 bits per heavy atom. The first-order valence-corrected chi connectivity index (χ1v) is 5.85. The van der Waals surface area contributed by atoms with Gasteiger partial charge in [-0.1, -0.05) is 26.2 Å². The zero-order valence-corrected chi connectivity index (χ0v) is 8.94. The first kappa shape index (κ1) is 11.0. The Morgan fingerprint density at radius 3 is 2.23 bits per heavy atom. The van der Waals surface area contributed by atoms with E-state index in [1.165, 1.54) is 38.6 Å². The minimum Gasteiger partial charge on any atom is -0.315 e. The highest BCUT2D eigenvalue weighted by Crippen LogP contribution is 2.28. The van der Waals surface area contributed by atoms with E-state index >= 15 is 0 Å². The van der Waals surface area contributed by atoms with E-state index in [0.717, 1.165) is 25.6 Å². The zero-order valence-electron chi connectivity index (χ0n) is 8.94. The molecule has 78 valence electrons. The molecule has 0 aliphatic heterocycles. The third kappa shape index (κ3) is 5.27. The molecule has 0 radical (unpaired) electrons. The topological polar surface area (TPSA) is 24.1 Å². The van der Waals surface area contributed by atoms with Crippen molar-refractivity contribution in [2.24, 2.45) is 5.92 Å². The van der Waals surface area contributed by atoms with E-state index in [-0.39, 0.29) is 0 Å². The molecule has 0 amide bonds. The third-order valence-electron chi connectivity index (χ3n) is 2.86. The monoisotopic (exact) mass is 184 g/mol. The van der Waals surface area contributed by atoms with Crippen LogP contribution in [0.15, 0.2) is 0 Å². The smallest absolute Gasteiger partial charge is 0.00767 e. The number of rotatable bonds is 8. The Kier molecular flexibility index (Phi) is 6.21. The molecule has 0 atom stereocenters. The minimum atomic E-state index is 1.05. The molecule has 1 aliphatic rings. The molecule has 0 bridgehead atoms. The summed E-state index contributed by atoms with van der Waals surface area (Å²) in [6.07, 6.45) is 7.07. The van der Waals surface area contributed by atoms with Crippen LogP contribution < -0.4 is 10.6 Å². The molecule has 2 heteroatoms. The molecule has 0 spiro atoms. The first-order valence-electron chi connectivity index (χ1n) is 5.85. The van der Waals surface area contributed by atoms with Crippen molar-refractivity contribution in [2.45, 2.75) is 39.0 Å². The number of nitrogens with one attached hydrogen (secondary N) is 2. The quantitative estimate of drug-likeness (QED) is 0.562. The maximum Gasteiger partial charge on any atom is 0.00767 e. The molecule has 0 aromatic heterocycles. The van der Waals surface area contributed by atoms with Crippen LogP contribution in [-0.2, 0) is 0 Å². The summed E-state index contributed by atoms with van der Waals surface area (Å²) >= 11 is 0. The summed E-state index contributed by atoms with van der Waals surface area (Å²) in [6, 6.07) is 0. The molecule has 0 saturated heterocycles. The lowest BCUT2D eigenvalue weighted by Crippen LogP contribution is -2.29. The van der Waals surface area contributed by atoms with Crippen molar-refractivity contribution in [1.29, 1.82) is 0 Å². The van der Waals surface area contributed by atoms with Gasteiger partial charge in [0, 0.05) is 13.1 Å². The van der Waals surface area contributed by atoms with Crippen LogP contribution in [0.4, 0.5) is 0 Å². The van der Waals surface area contributed by atoms with E-state index < -0.39 is 0 Å². The van der Waals surface area contributed by atoms with Gasteiger partial charge < -0.3 is 10.6 Å². The lowest BCUT2D eigenvalue weighted by molar-refractivity contribution is 0.292. The summed E-state index contributed by atoms with van der Waals surface area (Å²) in [5.41, 5.74) is 0. The van der Waals surface area contributed by atoms with Gasteiger partial charge in [-0.3, -0.25) is 0 Å². The van der Waals surface area contributed by atoms with Crippen molar-refractivity contribution in [3.8, 4) is 0 Å². The molecule has 1 rings (SSSR count). The van der Waals surface area contributed by atoms with Crippen molar-refractivity contribution in [3.05, 3.63) is 0 Å². The van der Waals surface area contributed by atoms with E-state index in [1.54, 1.807) is 0 Å². The van der Waals surface area contributed by atoms with Crippen molar-refractivity contribution >= 4 is 0 Å². The van der Waals surface area contributed by atoms with Gasteiger partial charge >= 0.3 is 0 Å². The van der Waals surface area contributed by atoms with Crippen molar-refractivity contribution in [1.82, 2.24) is 10.6 Å². The molecule has 0 aromatic carbocycles. The molecular formula is C11H24N2. The lowest BCUT2D eigenvalue weighted by atomic mass is 9.83. The van der Waals surface area contributed by atoms with E-state index in [0.29, 0.717) is 0 Å². The summed E-state index contributed by atoms with van der Waals surface area (Å²) in [6.45, 7) is 6.84. The Labute approximate surface area is 82.5 Å². The predicted octanol–water partition coefficient (Wildman–Crippen LogP) is 1.77. The van der Waals surface area contributed by atoms with Crippen LogP contribution in [0.25, 0.3) is 0 Å². The molecular weight excluding hydrogens is 160 g/mol. The van der Waals surface area contributed by atoms with E-state index in [4.69, 9.17) is 0 Å². The normalized spacial score (nSPS) is 17.3. The van der Waals surface area contributed by atoms with Gasteiger partial charge in [-0.05, 0) is 31.8 Å². The Balaban J connectivity index is 1.68. The van der Waals surface area contributed by atoms with Gasteiger partial charge in [0.05, 0.1) is 0 Å². The van der Waals surface area contributed by atoms with Crippen LogP contribution in [0.5, 0.6) is 0 Å². The maximum atomic E-state index is 3.48. The zero-order chi connectivity index (χ0) is 9.36. The lowest BCUT2D eigenvalue weighted by Gasteiger charge is -2.25. The fourth-order valence-corrected chi connectivity index (χ4v) is 1.69. The Morgan fingerprint density at radius 2 is 1.69 bits per heavy atom. The molecule has 2 N–H and O–H groups in total. The number of hydrogen-bond acceptors (Lipinski definition) is 2. The van der Waals surface area contributed by atoms with Crippen LogP contribution in [0.3, 0.4) is 0 Å². The molecule has 1 fully saturated rings. The van der Waals surface area contributed by atoms with Crippen molar-refractivity contribution in [3.63, 3.8) is 0 Å². The van der Waals surface area contributed by atoms with E-state index in [9.17, 15) is 0 Å². The second kappa shape index (κ2) is 7.34. The summed E-state index contributed by atoms with van der Waals surface area (Å²) in [4.78, 5) is 0. The fraction of sp³-hybridized carbons (Fsp3) is 1.00. The average Bonchev–Trinajstić information content (AvgIpc) is 2.07. The van der Waals surface area contributed by atoms with Gasteiger partial charge in [-0.25, -0.2) is 0 Å². The van der Waals surface area contributed by atoms with Crippen LogP contribution in [-0.4, -0.2) is 26.2 Å². The van der Waals surface area contributed by atoms with Gasteiger partial charge in [-0.2, -0.15) is 0 Å². The highest BCUT2D eigenvalue weighted by atomic mass is 14.9. The van der Waals surface area contributed by atoms with Crippen LogP contribution in [0.1, 0.15) is 39.0 Å². The third-order valence-corrected chi connectivity index (χ3v) is 2.86. The Bertz CT molecular complexity index is 111. The van der Waals surface area contributed by atoms with Crippen LogP contribution in [0.2, 0.25) is 0 Å². The highest BCUT2D eigenvalue weighted by molar-refractivity contribution is 4.70. The van der Waals surface area contributed by atoms with Crippen LogP contribution in [0, 0.1) is 5.92 Å². The molecule has 0 heterocycles. The highest BCUT2D eigenvalue weighted by Gasteiger charge is 2.15. The molecule has 0 unspecified atom stereocenters. The fourth-order valence-electron chi connectivity index (χ4n) is 1.69. The second-order valence-electron chi connectivity index (χ2n) is 4.09. The molecule has 1 aliphatic carbocycles. The second-order valence-corrected chi connectivity index (χ2v) is 4.09. The van der Waals surface area contributed by atoms with Crippen LogP contribution >= 0.6 is 0 Å². The predicted molar refractivity (Wildman–Crippen MR) is 58.0 cm³/mol. The maximum absolute atomic E-state index is 3.48. The van der Waals surface area contributed by atoms with Gasteiger partial charge in [0.2, 0.25) is 0 Å². The van der Waals surface area contributed by atoms with Crippen molar-refractivity contribution < 1.29 is 0 Å². The van der Waals surface area contributed by atoms with Gasteiger partial charge in [-0.15, -0.1) is 0 Å². The Hall–Kier alpha value is -0.0800. The van der Waals surface area contributed by atoms with E-state index in [2.05, 4.69) is 17.6 Å². The van der Waals surface area contributed by atoms with Gasteiger partial charge in [0.15, 0.2) is 0 Å². The average molecular weight is 184 g/mol. The van der Waals surface area contributed by atoms with Gasteiger partial charge in [0.25, 0.3) is 0 Å². The summed E-state index contributed by atoms with van der Waals surface area (Å²) < 4.78 is 0. The number of hydrogen-bond donors (Lipinski definition) is 2. The first-order chi connectivity index (χ1) is 6.43. The van der Waals surface area contributed by atoms with E-state index in [1.807, 2.05) is 0 Å². The SMILES string of the molecule is CCCNCCNCCC1CCC1. The largest absolute Gasteiger partial charge is 0.315 e. The summed E-state index contributed by atoms with van der Waals surface area (Å²) in [5, 5.41) is 6.87. The molecule has 2 nitrogen and oxygen atoms in total. The molecule has 0 aromatic rings. The summed E-state index contributed by atoms with van der Waals surface area (Å²) in [7, 11) is 0. The van der Waals surface area contributed by atoms with Gasteiger partial charge in [0.1, 0.15) is 0 Å². The van der Waals surface area contributed by atoms with Crippen molar-refractivity contribution in [2.75, 3.05) is 26.2 Å². The minimum absolute atomic E-state index is 1.05.